The maximum Gasteiger partial charge on any atom is 0.222 e. The average Bonchev–Trinajstić information content (AvgIpc) is 2.38. The topological polar surface area (TPSA) is 71.2 Å². The number of amides is 1. The molecule has 92 valence electrons. The van der Waals surface area contributed by atoms with E-state index in [1.54, 1.807) is 13.1 Å². The number of anilines is 2. The maximum atomic E-state index is 11.5. The molecule has 5 heteroatoms. The van der Waals surface area contributed by atoms with Gasteiger partial charge >= 0.3 is 0 Å². The Kier molecular flexibility index (Phi) is 3.46. The number of pyridine rings is 1. The first-order valence-electron chi connectivity index (χ1n) is 5.90. The number of nitrogens with two attached hydrogens (primary N) is 1. The molecule has 1 aliphatic heterocycles. The smallest absolute Gasteiger partial charge is 0.222 e. The van der Waals surface area contributed by atoms with E-state index < -0.39 is 0 Å². The van der Waals surface area contributed by atoms with Gasteiger partial charge in [0.05, 0.1) is 0 Å². The molecule has 1 aromatic rings. The van der Waals surface area contributed by atoms with Crippen LogP contribution in [0.3, 0.4) is 0 Å². The van der Waals surface area contributed by atoms with E-state index >= 15 is 0 Å². The van der Waals surface area contributed by atoms with Gasteiger partial charge in [0.1, 0.15) is 11.6 Å². The highest BCUT2D eigenvalue weighted by atomic mass is 16.1. The van der Waals surface area contributed by atoms with Crippen LogP contribution in [0.1, 0.15) is 12.8 Å². The van der Waals surface area contributed by atoms with E-state index in [0.29, 0.717) is 5.82 Å². The zero-order valence-corrected chi connectivity index (χ0v) is 10.0. The Labute approximate surface area is 101 Å². The zero-order valence-electron chi connectivity index (χ0n) is 10.0. The van der Waals surface area contributed by atoms with E-state index in [1.807, 2.05) is 12.1 Å². The summed E-state index contributed by atoms with van der Waals surface area (Å²) in [6, 6.07) is 5.64. The molecule has 0 saturated carbocycles. The Balaban J connectivity index is 1.97. The molecule has 1 fully saturated rings. The first-order valence-corrected chi connectivity index (χ1v) is 5.90. The van der Waals surface area contributed by atoms with Crippen LogP contribution in [0.5, 0.6) is 0 Å². The molecule has 5 nitrogen and oxygen atoms in total. The minimum atomic E-state index is 0.136. The molecule has 0 atom stereocenters. The third kappa shape index (κ3) is 2.67. The molecular formula is C12H18N4O. The molecule has 0 aromatic carbocycles. The van der Waals surface area contributed by atoms with Crippen molar-refractivity contribution < 1.29 is 4.79 Å². The molecule has 0 aliphatic carbocycles. The summed E-state index contributed by atoms with van der Waals surface area (Å²) in [6.07, 6.45) is 1.74. The van der Waals surface area contributed by atoms with E-state index in [-0.39, 0.29) is 11.8 Å². The largest absolute Gasteiger partial charge is 0.384 e. The minimum absolute atomic E-state index is 0.136. The first-order chi connectivity index (χ1) is 8.20. The highest BCUT2D eigenvalue weighted by molar-refractivity contribution is 5.78. The lowest BCUT2D eigenvalue weighted by Gasteiger charge is -2.31. The molecular weight excluding hydrogens is 216 g/mol. The average molecular weight is 234 g/mol. The summed E-state index contributed by atoms with van der Waals surface area (Å²) in [5.41, 5.74) is 5.66. The van der Waals surface area contributed by atoms with Gasteiger partial charge in [0.25, 0.3) is 0 Å². The number of nitrogens with one attached hydrogen (secondary N) is 1. The van der Waals surface area contributed by atoms with Gasteiger partial charge in [-0.1, -0.05) is 6.07 Å². The van der Waals surface area contributed by atoms with E-state index in [2.05, 4.69) is 15.2 Å². The normalized spacial score (nSPS) is 16.9. The molecule has 1 aromatic heterocycles. The van der Waals surface area contributed by atoms with Gasteiger partial charge in [0, 0.05) is 26.1 Å². The van der Waals surface area contributed by atoms with Crippen LogP contribution >= 0.6 is 0 Å². The van der Waals surface area contributed by atoms with Gasteiger partial charge in [-0.05, 0) is 25.0 Å². The van der Waals surface area contributed by atoms with Crippen molar-refractivity contribution in [3.8, 4) is 0 Å². The van der Waals surface area contributed by atoms with Gasteiger partial charge in [-0.25, -0.2) is 4.98 Å². The Morgan fingerprint density at radius 3 is 2.76 bits per heavy atom. The molecule has 17 heavy (non-hydrogen) atoms. The number of nitrogen functional groups attached to an aromatic ring is 1. The van der Waals surface area contributed by atoms with Gasteiger partial charge in [0.15, 0.2) is 0 Å². The van der Waals surface area contributed by atoms with Crippen LogP contribution in [-0.2, 0) is 4.79 Å². The monoisotopic (exact) mass is 234 g/mol. The molecule has 0 unspecified atom stereocenters. The predicted octanol–water partition coefficient (Wildman–Crippen LogP) is 0.626. The molecule has 1 amide bonds. The molecule has 2 heterocycles. The second kappa shape index (κ2) is 5.03. The summed E-state index contributed by atoms with van der Waals surface area (Å²) in [5.74, 6) is 1.72. The van der Waals surface area contributed by atoms with Crippen LogP contribution in [0.4, 0.5) is 11.6 Å². The summed E-state index contributed by atoms with van der Waals surface area (Å²) < 4.78 is 0. The van der Waals surface area contributed by atoms with E-state index in [4.69, 9.17) is 5.73 Å². The standard InChI is InChI=1S/C12H18N4O/c1-14-12(17)9-5-7-16(8-6-9)11-4-2-3-10(13)15-11/h2-4,9H,5-8H2,1H3,(H2,13,15)(H,14,17). The van der Waals surface area contributed by atoms with E-state index in [0.717, 1.165) is 31.7 Å². The quantitative estimate of drug-likeness (QED) is 0.787. The number of rotatable bonds is 2. The Morgan fingerprint density at radius 2 is 2.18 bits per heavy atom. The molecule has 3 N–H and O–H groups in total. The van der Waals surface area contributed by atoms with Gasteiger partial charge in [-0.2, -0.15) is 0 Å². The highest BCUT2D eigenvalue weighted by Gasteiger charge is 2.24. The number of piperidine rings is 1. The van der Waals surface area contributed by atoms with E-state index in [1.165, 1.54) is 0 Å². The van der Waals surface area contributed by atoms with Crippen molar-refractivity contribution in [2.75, 3.05) is 30.8 Å². The lowest BCUT2D eigenvalue weighted by atomic mass is 9.96. The van der Waals surface area contributed by atoms with Gasteiger partial charge in [-0.3, -0.25) is 4.79 Å². The van der Waals surface area contributed by atoms with Gasteiger partial charge in [0.2, 0.25) is 5.91 Å². The van der Waals surface area contributed by atoms with Crippen LogP contribution in [0.2, 0.25) is 0 Å². The van der Waals surface area contributed by atoms with Crippen molar-refractivity contribution in [1.29, 1.82) is 0 Å². The lowest BCUT2D eigenvalue weighted by Crippen LogP contribution is -2.39. The summed E-state index contributed by atoms with van der Waals surface area (Å²) in [5, 5.41) is 2.71. The highest BCUT2D eigenvalue weighted by Crippen LogP contribution is 2.22. The number of carbonyl (C=O) groups is 1. The van der Waals surface area contributed by atoms with Crippen molar-refractivity contribution in [2.24, 2.45) is 5.92 Å². The third-order valence-electron chi connectivity index (χ3n) is 3.19. The molecule has 2 rings (SSSR count). The summed E-state index contributed by atoms with van der Waals surface area (Å²) in [4.78, 5) is 18.0. The first kappa shape index (κ1) is 11.7. The minimum Gasteiger partial charge on any atom is -0.384 e. The maximum absolute atomic E-state index is 11.5. The van der Waals surface area contributed by atoms with Crippen molar-refractivity contribution in [1.82, 2.24) is 10.3 Å². The van der Waals surface area contributed by atoms with Crippen LogP contribution in [0.15, 0.2) is 18.2 Å². The van der Waals surface area contributed by atoms with Crippen LogP contribution < -0.4 is 16.0 Å². The number of hydrogen-bond acceptors (Lipinski definition) is 4. The van der Waals surface area contributed by atoms with E-state index in [9.17, 15) is 4.79 Å². The lowest BCUT2D eigenvalue weighted by molar-refractivity contribution is -0.125. The second-order valence-corrected chi connectivity index (χ2v) is 4.30. The summed E-state index contributed by atoms with van der Waals surface area (Å²) in [6.45, 7) is 1.71. The Morgan fingerprint density at radius 1 is 1.47 bits per heavy atom. The molecule has 0 bridgehead atoms. The second-order valence-electron chi connectivity index (χ2n) is 4.30. The van der Waals surface area contributed by atoms with Gasteiger partial charge in [-0.15, -0.1) is 0 Å². The fourth-order valence-electron chi connectivity index (χ4n) is 2.19. The van der Waals surface area contributed by atoms with Crippen molar-refractivity contribution in [3.63, 3.8) is 0 Å². The number of nitrogens with zero attached hydrogens (tertiary/aromatic N) is 2. The van der Waals surface area contributed by atoms with Crippen molar-refractivity contribution >= 4 is 17.5 Å². The molecule has 1 saturated heterocycles. The zero-order chi connectivity index (χ0) is 12.3. The predicted molar refractivity (Wildman–Crippen MR) is 67.7 cm³/mol. The number of carbonyl (C=O) groups excluding carboxylic acids is 1. The van der Waals surface area contributed by atoms with Crippen LogP contribution in [-0.4, -0.2) is 31.0 Å². The van der Waals surface area contributed by atoms with Crippen molar-refractivity contribution in [2.45, 2.75) is 12.8 Å². The van der Waals surface area contributed by atoms with Gasteiger partial charge < -0.3 is 16.0 Å². The number of hydrogen-bond donors (Lipinski definition) is 2. The molecule has 0 spiro atoms. The van der Waals surface area contributed by atoms with Crippen molar-refractivity contribution in [3.05, 3.63) is 18.2 Å². The Bertz CT molecular complexity index is 399. The SMILES string of the molecule is CNC(=O)C1CCN(c2cccc(N)n2)CC1. The molecule has 0 radical (unpaired) electrons. The van der Waals surface area contributed by atoms with Crippen LogP contribution in [0.25, 0.3) is 0 Å². The third-order valence-corrected chi connectivity index (χ3v) is 3.19. The summed E-state index contributed by atoms with van der Waals surface area (Å²) >= 11 is 0. The summed E-state index contributed by atoms with van der Waals surface area (Å²) in [7, 11) is 1.69. The number of aromatic nitrogens is 1. The fourth-order valence-corrected chi connectivity index (χ4v) is 2.19. The Hall–Kier alpha value is -1.78. The molecule has 1 aliphatic rings. The fraction of sp³-hybridized carbons (Fsp3) is 0.500. The van der Waals surface area contributed by atoms with Crippen LogP contribution in [0, 0.1) is 5.92 Å².